The summed E-state index contributed by atoms with van der Waals surface area (Å²) in [7, 11) is 0. The largest absolute Gasteiger partial charge is 0.352 e. The van der Waals surface area contributed by atoms with Gasteiger partial charge < -0.3 is 14.4 Å². The van der Waals surface area contributed by atoms with Crippen molar-refractivity contribution in [1.29, 1.82) is 0 Å². The molecular formula is C30H36N6O2. The van der Waals surface area contributed by atoms with Crippen LogP contribution < -0.4 is 5.32 Å². The summed E-state index contributed by atoms with van der Waals surface area (Å²) >= 11 is 0. The van der Waals surface area contributed by atoms with Gasteiger partial charge in [-0.3, -0.25) is 9.69 Å². The van der Waals surface area contributed by atoms with E-state index in [1.54, 1.807) is 6.20 Å². The van der Waals surface area contributed by atoms with E-state index < -0.39 is 0 Å². The van der Waals surface area contributed by atoms with E-state index in [4.69, 9.17) is 4.52 Å². The molecule has 8 nitrogen and oxygen atoms in total. The van der Waals surface area contributed by atoms with E-state index in [9.17, 15) is 4.79 Å². The highest BCUT2D eigenvalue weighted by Gasteiger charge is 2.27. The molecule has 8 heteroatoms. The molecule has 38 heavy (non-hydrogen) atoms. The molecule has 3 heterocycles. The number of rotatable bonds is 8. The van der Waals surface area contributed by atoms with Crippen molar-refractivity contribution < 1.29 is 9.32 Å². The maximum Gasteiger partial charge on any atom is 0.241 e. The van der Waals surface area contributed by atoms with Crippen LogP contribution in [0.3, 0.4) is 0 Å². The number of amides is 1. The molecule has 2 aromatic heterocycles. The SMILES string of the molecule is CC(C)(C)c1ccc(-c2noc(CN3CCCC(C(=O)NCc4cccc(Cn5ccnc5)c4)C3)n2)cc1. The number of carbonyl (C=O) groups excluding carboxylic acids is 1. The lowest BCUT2D eigenvalue weighted by Gasteiger charge is -2.30. The van der Waals surface area contributed by atoms with E-state index >= 15 is 0 Å². The van der Waals surface area contributed by atoms with Gasteiger partial charge in [-0.15, -0.1) is 0 Å². The fourth-order valence-electron chi connectivity index (χ4n) is 4.92. The molecule has 1 saturated heterocycles. The minimum Gasteiger partial charge on any atom is -0.352 e. The molecule has 0 saturated carbocycles. The van der Waals surface area contributed by atoms with E-state index in [0.29, 0.717) is 31.3 Å². The zero-order valence-corrected chi connectivity index (χ0v) is 22.4. The zero-order valence-electron chi connectivity index (χ0n) is 22.4. The van der Waals surface area contributed by atoms with Crippen LogP contribution in [-0.2, 0) is 29.8 Å². The van der Waals surface area contributed by atoms with Crippen molar-refractivity contribution >= 4 is 5.91 Å². The molecule has 4 aromatic rings. The smallest absolute Gasteiger partial charge is 0.241 e. The van der Waals surface area contributed by atoms with E-state index in [-0.39, 0.29) is 17.2 Å². The summed E-state index contributed by atoms with van der Waals surface area (Å²) in [5.74, 6) is 1.22. The van der Waals surface area contributed by atoms with Gasteiger partial charge in [0.15, 0.2) is 0 Å². The quantitative estimate of drug-likeness (QED) is 0.365. The van der Waals surface area contributed by atoms with Crippen LogP contribution in [-0.4, -0.2) is 43.6 Å². The fourth-order valence-corrected chi connectivity index (χ4v) is 4.92. The summed E-state index contributed by atoms with van der Waals surface area (Å²) in [6.45, 7) is 10.0. The molecule has 0 spiro atoms. The fraction of sp³-hybridized carbons (Fsp3) is 0.400. The molecule has 1 unspecified atom stereocenters. The van der Waals surface area contributed by atoms with Gasteiger partial charge in [0.2, 0.25) is 17.6 Å². The van der Waals surface area contributed by atoms with Gasteiger partial charge in [0.05, 0.1) is 18.8 Å². The first-order valence-corrected chi connectivity index (χ1v) is 13.3. The minimum absolute atomic E-state index is 0.0507. The molecule has 1 fully saturated rings. The predicted molar refractivity (Wildman–Crippen MR) is 146 cm³/mol. The first-order valence-electron chi connectivity index (χ1n) is 13.3. The molecule has 1 aliphatic rings. The standard InChI is InChI=1S/C30H36N6O2/c1-30(2,3)26-11-9-24(10-12-26)28-33-27(38-34-28)20-35-14-5-8-25(19-35)29(37)32-17-22-6-4-7-23(16-22)18-36-15-13-31-21-36/h4,6-7,9-13,15-16,21,25H,5,8,14,17-20H2,1-3H3,(H,32,37). The number of nitrogens with one attached hydrogen (secondary N) is 1. The van der Waals surface area contributed by atoms with Crippen LogP contribution in [0.25, 0.3) is 11.4 Å². The van der Waals surface area contributed by atoms with Crippen LogP contribution in [0.1, 0.15) is 56.2 Å². The average Bonchev–Trinajstić information content (AvgIpc) is 3.60. The average molecular weight is 513 g/mol. The molecule has 198 valence electrons. The predicted octanol–water partition coefficient (Wildman–Crippen LogP) is 4.81. The Morgan fingerprint density at radius 2 is 1.92 bits per heavy atom. The third-order valence-corrected chi connectivity index (χ3v) is 7.09. The zero-order chi connectivity index (χ0) is 26.5. The van der Waals surface area contributed by atoms with Crippen molar-refractivity contribution in [2.24, 2.45) is 5.92 Å². The molecule has 0 bridgehead atoms. The molecule has 1 atom stereocenters. The van der Waals surface area contributed by atoms with Gasteiger partial charge in [0.1, 0.15) is 0 Å². The highest BCUT2D eigenvalue weighted by molar-refractivity contribution is 5.79. The molecule has 1 N–H and O–H groups in total. The van der Waals surface area contributed by atoms with Gasteiger partial charge >= 0.3 is 0 Å². The summed E-state index contributed by atoms with van der Waals surface area (Å²) in [6, 6.07) is 16.6. The topological polar surface area (TPSA) is 89.1 Å². The lowest BCUT2D eigenvalue weighted by atomic mass is 9.87. The Morgan fingerprint density at radius 1 is 1.11 bits per heavy atom. The minimum atomic E-state index is -0.0507. The number of nitrogens with zero attached hydrogens (tertiary/aromatic N) is 5. The number of hydrogen-bond donors (Lipinski definition) is 1. The Balaban J connectivity index is 1.13. The van der Waals surface area contributed by atoms with E-state index in [1.807, 2.05) is 35.3 Å². The molecule has 5 rings (SSSR count). The molecule has 2 aromatic carbocycles. The second-order valence-corrected chi connectivity index (χ2v) is 11.2. The second-order valence-electron chi connectivity index (χ2n) is 11.2. The highest BCUT2D eigenvalue weighted by atomic mass is 16.5. The van der Waals surface area contributed by atoms with Crippen LogP contribution in [0, 0.1) is 5.92 Å². The molecule has 1 aliphatic heterocycles. The summed E-state index contributed by atoms with van der Waals surface area (Å²) in [5, 5.41) is 7.34. The van der Waals surface area contributed by atoms with Crippen LogP contribution in [0.15, 0.2) is 71.8 Å². The van der Waals surface area contributed by atoms with Crippen LogP contribution >= 0.6 is 0 Å². The highest BCUT2D eigenvalue weighted by Crippen LogP contribution is 2.25. The third kappa shape index (κ3) is 6.55. The Bertz CT molecular complexity index is 1340. The number of likely N-dealkylation sites (tertiary alicyclic amines) is 1. The number of hydrogen-bond acceptors (Lipinski definition) is 6. The monoisotopic (exact) mass is 512 g/mol. The van der Waals surface area contributed by atoms with Gasteiger partial charge in [-0.2, -0.15) is 4.98 Å². The van der Waals surface area contributed by atoms with Crippen molar-refractivity contribution in [2.75, 3.05) is 13.1 Å². The van der Waals surface area contributed by atoms with Crippen molar-refractivity contribution in [1.82, 2.24) is 29.9 Å². The summed E-state index contributed by atoms with van der Waals surface area (Å²) < 4.78 is 7.59. The number of aromatic nitrogens is 4. The van der Waals surface area contributed by atoms with Crippen molar-refractivity contribution in [3.8, 4) is 11.4 Å². The first kappa shape index (κ1) is 25.9. The maximum absolute atomic E-state index is 13.0. The van der Waals surface area contributed by atoms with Crippen LogP contribution in [0.4, 0.5) is 0 Å². The van der Waals surface area contributed by atoms with Crippen LogP contribution in [0.2, 0.25) is 0 Å². The van der Waals surface area contributed by atoms with Crippen molar-refractivity contribution in [3.05, 3.63) is 89.8 Å². The molecule has 1 amide bonds. The Labute approximate surface area is 224 Å². The lowest BCUT2D eigenvalue weighted by Crippen LogP contribution is -2.42. The third-order valence-electron chi connectivity index (χ3n) is 7.09. The molecular weight excluding hydrogens is 476 g/mol. The van der Waals surface area contributed by atoms with Gasteiger partial charge in [-0.1, -0.05) is 74.5 Å². The maximum atomic E-state index is 13.0. The summed E-state index contributed by atoms with van der Waals surface area (Å²) in [4.78, 5) is 24.0. The van der Waals surface area contributed by atoms with Gasteiger partial charge in [0, 0.05) is 37.6 Å². The Morgan fingerprint density at radius 3 is 2.68 bits per heavy atom. The number of imidazole rings is 1. The summed E-state index contributed by atoms with van der Waals surface area (Å²) in [6.07, 6.45) is 7.39. The lowest BCUT2D eigenvalue weighted by molar-refractivity contribution is -0.127. The Hall–Kier alpha value is -3.78. The number of piperidine rings is 1. The number of carbonyl (C=O) groups is 1. The number of benzene rings is 2. The normalized spacial score (nSPS) is 16.4. The van der Waals surface area contributed by atoms with E-state index in [2.05, 4.69) is 76.4 Å². The van der Waals surface area contributed by atoms with Crippen LogP contribution in [0.5, 0.6) is 0 Å². The first-order chi connectivity index (χ1) is 18.3. The summed E-state index contributed by atoms with van der Waals surface area (Å²) in [5.41, 5.74) is 4.59. The van der Waals surface area contributed by atoms with E-state index in [1.165, 1.54) is 11.1 Å². The van der Waals surface area contributed by atoms with Gasteiger partial charge in [0.25, 0.3) is 0 Å². The second kappa shape index (κ2) is 11.3. The Kier molecular flexibility index (Phi) is 7.69. The van der Waals surface area contributed by atoms with E-state index in [0.717, 1.165) is 37.1 Å². The van der Waals surface area contributed by atoms with Crippen molar-refractivity contribution in [3.63, 3.8) is 0 Å². The molecule has 0 aliphatic carbocycles. The van der Waals surface area contributed by atoms with Crippen molar-refractivity contribution in [2.45, 2.75) is 58.7 Å². The van der Waals surface area contributed by atoms with Gasteiger partial charge in [-0.25, -0.2) is 4.98 Å². The molecule has 0 radical (unpaired) electrons. The van der Waals surface area contributed by atoms with Gasteiger partial charge in [-0.05, 0) is 41.5 Å².